The smallest absolute Gasteiger partial charge is 0.308 e. The van der Waals surface area contributed by atoms with Gasteiger partial charge >= 0.3 is 5.97 Å². The minimum Gasteiger partial charge on any atom is -0.481 e. The van der Waals surface area contributed by atoms with Gasteiger partial charge < -0.3 is 14.7 Å². The van der Waals surface area contributed by atoms with Crippen LogP contribution in [0.15, 0.2) is 59.1 Å². The van der Waals surface area contributed by atoms with E-state index >= 15 is 0 Å². The van der Waals surface area contributed by atoms with Gasteiger partial charge in [-0.15, -0.1) is 0 Å². The average molecular weight is 418 g/mol. The van der Waals surface area contributed by atoms with Crippen LogP contribution < -0.4 is 4.74 Å². The van der Waals surface area contributed by atoms with Gasteiger partial charge in [-0.1, -0.05) is 46.3 Å². The van der Waals surface area contributed by atoms with Gasteiger partial charge in [0.05, 0.1) is 5.92 Å². The van der Waals surface area contributed by atoms with Gasteiger partial charge in [-0.2, -0.15) is 0 Å². The first-order chi connectivity index (χ1) is 12.5. The fraction of sp³-hybridized carbons (Fsp3) is 0.300. The second-order valence-electron chi connectivity index (χ2n) is 6.42. The fourth-order valence-corrected chi connectivity index (χ4v) is 3.56. The molecule has 1 aliphatic heterocycles. The number of carbonyl (C=O) groups is 2. The normalized spacial score (nSPS) is 20.6. The molecule has 1 saturated heterocycles. The van der Waals surface area contributed by atoms with Crippen molar-refractivity contribution in [3.05, 3.63) is 64.6 Å². The molecule has 1 amide bonds. The van der Waals surface area contributed by atoms with Gasteiger partial charge in [-0.3, -0.25) is 9.59 Å². The largest absolute Gasteiger partial charge is 0.481 e. The third kappa shape index (κ3) is 4.07. The first-order valence-corrected chi connectivity index (χ1v) is 9.23. The zero-order chi connectivity index (χ0) is 18.7. The van der Waals surface area contributed by atoms with Gasteiger partial charge in [0, 0.05) is 23.5 Å². The topological polar surface area (TPSA) is 66.8 Å². The van der Waals surface area contributed by atoms with E-state index in [9.17, 15) is 14.7 Å². The van der Waals surface area contributed by atoms with E-state index in [0.29, 0.717) is 12.3 Å². The molecule has 3 atom stereocenters. The van der Waals surface area contributed by atoms with E-state index in [2.05, 4.69) is 15.9 Å². The fourth-order valence-electron chi connectivity index (χ4n) is 3.30. The van der Waals surface area contributed by atoms with Crippen molar-refractivity contribution in [1.82, 2.24) is 4.90 Å². The Bertz CT molecular complexity index is 778. The summed E-state index contributed by atoms with van der Waals surface area (Å²) in [4.78, 5) is 26.0. The molecule has 2 aromatic carbocycles. The van der Waals surface area contributed by atoms with Crippen LogP contribution in [0.1, 0.15) is 18.4 Å². The number of hydrogen-bond donors (Lipinski definition) is 1. The number of benzene rings is 2. The number of carboxylic acid groups (broad SMARTS) is 1. The van der Waals surface area contributed by atoms with Crippen LogP contribution in [-0.4, -0.2) is 41.1 Å². The molecule has 1 fully saturated rings. The first kappa shape index (κ1) is 18.5. The van der Waals surface area contributed by atoms with E-state index in [1.54, 1.807) is 24.0 Å². The molecule has 0 spiro atoms. The van der Waals surface area contributed by atoms with Gasteiger partial charge in [0.15, 0.2) is 6.10 Å². The van der Waals surface area contributed by atoms with Gasteiger partial charge in [-0.25, -0.2) is 0 Å². The highest BCUT2D eigenvalue weighted by molar-refractivity contribution is 9.10. The number of hydrogen-bond acceptors (Lipinski definition) is 3. The Morgan fingerprint density at radius 3 is 2.38 bits per heavy atom. The van der Waals surface area contributed by atoms with E-state index in [1.807, 2.05) is 42.5 Å². The maximum atomic E-state index is 12.8. The Hall–Kier alpha value is -2.34. The number of carbonyl (C=O) groups excluding carboxylic acids is 1. The summed E-state index contributed by atoms with van der Waals surface area (Å²) in [6, 6.07) is 16.7. The lowest BCUT2D eigenvalue weighted by Crippen LogP contribution is -2.39. The summed E-state index contributed by atoms with van der Waals surface area (Å²) < 4.78 is 6.65. The summed E-state index contributed by atoms with van der Waals surface area (Å²) in [5.74, 6) is -1.30. The monoisotopic (exact) mass is 417 g/mol. The van der Waals surface area contributed by atoms with E-state index in [4.69, 9.17) is 4.74 Å². The van der Waals surface area contributed by atoms with Crippen molar-refractivity contribution in [2.75, 3.05) is 13.1 Å². The number of nitrogens with zero attached hydrogens (tertiary/aromatic N) is 1. The number of amides is 1. The van der Waals surface area contributed by atoms with Crippen LogP contribution in [0.2, 0.25) is 0 Å². The Morgan fingerprint density at radius 1 is 1.12 bits per heavy atom. The van der Waals surface area contributed by atoms with Gasteiger partial charge in [0.25, 0.3) is 5.91 Å². The molecule has 1 N–H and O–H groups in total. The lowest BCUT2D eigenvalue weighted by molar-refractivity contribution is -0.142. The first-order valence-electron chi connectivity index (χ1n) is 8.44. The zero-order valence-corrected chi connectivity index (χ0v) is 15.9. The number of rotatable bonds is 5. The minimum atomic E-state index is -0.879. The Morgan fingerprint density at radius 2 is 1.77 bits per heavy atom. The third-order valence-corrected chi connectivity index (χ3v) is 5.18. The highest BCUT2D eigenvalue weighted by atomic mass is 79.9. The minimum absolute atomic E-state index is 0.196. The predicted octanol–water partition coefficient (Wildman–Crippen LogP) is 3.54. The highest BCUT2D eigenvalue weighted by Gasteiger charge is 2.41. The van der Waals surface area contributed by atoms with E-state index in [1.165, 1.54) is 0 Å². The van der Waals surface area contributed by atoms with Gasteiger partial charge in [0.1, 0.15) is 5.75 Å². The Labute approximate surface area is 160 Å². The lowest BCUT2D eigenvalue weighted by atomic mass is 9.89. The SMILES string of the molecule is C[C@H](Oc1ccc(Br)cc1)C(=O)N1C[C@@H](C(=O)O)[C@H](c2ccccc2)C1. The zero-order valence-electron chi connectivity index (χ0n) is 14.3. The summed E-state index contributed by atoms with van der Waals surface area (Å²) in [6.07, 6.45) is -0.680. The molecule has 0 aromatic heterocycles. The molecule has 5 nitrogen and oxygen atoms in total. The van der Waals surface area contributed by atoms with Crippen molar-refractivity contribution in [2.24, 2.45) is 5.92 Å². The molecule has 1 heterocycles. The van der Waals surface area contributed by atoms with Crippen molar-refractivity contribution in [1.29, 1.82) is 0 Å². The predicted molar refractivity (Wildman–Crippen MR) is 101 cm³/mol. The quantitative estimate of drug-likeness (QED) is 0.807. The summed E-state index contributed by atoms with van der Waals surface area (Å²) >= 11 is 3.36. The van der Waals surface area contributed by atoms with Crippen LogP contribution in [0.5, 0.6) is 5.75 Å². The van der Waals surface area contributed by atoms with Crippen molar-refractivity contribution in [3.63, 3.8) is 0 Å². The summed E-state index contributed by atoms with van der Waals surface area (Å²) in [5, 5.41) is 9.57. The van der Waals surface area contributed by atoms with Crippen LogP contribution in [0.4, 0.5) is 0 Å². The molecule has 136 valence electrons. The third-order valence-electron chi connectivity index (χ3n) is 4.65. The summed E-state index contributed by atoms with van der Waals surface area (Å²) in [5.41, 5.74) is 0.941. The van der Waals surface area contributed by atoms with E-state index in [-0.39, 0.29) is 18.4 Å². The van der Waals surface area contributed by atoms with Gasteiger partial charge in [0.2, 0.25) is 0 Å². The molecule has 0 aliphatic carbocycles. The molecule has 6 heteroatoms. The van der Waals surface area contributed by atoms with Crippen LogP contribution in [0.3, 0.4) is 0 Å². The molecule has 3 rings (SSSR count). The number of aliphatic carboxylic acids is 1. The van der Waals surface area contributed by atoms with E-state index < -0.39 is 18.0 Å². The van der Waals surface area contributed by atoms with E-state index in [0.717, 1.165) is 10.0 Å². The van der Waals surface area contributed by atoms with Crippen LogP contribution in [-0.2, 0) is 9.59 Å². The molecular formula is C20H20BrNO4. The molecule has 1 aliphatic rings. The second-order valence-corrected chi connectivity index (χ2v) is 7.33. The standard InChI is InChI=1S/C20H20BrNO4/c1-13(26-16-9-7-15(21)8-10-16)19(23)22-11-17(18(12-22)20(24)25)14-5-3-2-4-6-14/h2-10,13,17-18H,11-12H2,1H3,(H,24,25)/t13-,17-,18+/m0/s1. The number of halogens is 1. The van der Waals surface area contributed by atoms with Crippen molar-refractivity contribution >= 4 is 27.8 Å². The van der Waals surface area contributed by atoms with Crippen LogP contribution in [0.25, 0.3) is 0 Å². The number of likely N-dealkylation sites (tertiary alicyclic amines) is 1. The second kappa shape index (κ2) is 7.91. The molecule has 2 aromatic rings. The van der Waals surface area contributed by atoms with Crippen molar-refractivity contribution in [3.8, 4) is 5.75 Å². The molecule has 0 bridgehead atoms. The molecule has 0 saturated carbocycles. The molecular weight excluding hydrogens is 398 g/mol. The molecule has 0 unspecified atom stereocenters. The Kier molecular flexibility index (Phi) is 5.61. The maximum absolute atomic E-state index is 12.8. The van der Waals surface area contributed by atoms with Crippen LogP contribution >= 0.6 is 15.9 Å². The Balaban J connectivity index is 1.71. The number of ether oxygens (including phenoxy) is 1. The van der Waals surface area contributed by atoms with Crippen LogP contribution in [0, 0.1) is 5.92 Å². The molecule has 26 heavy (non-hydrogen) atoms. The average Bonchev–Trinajstić information content (AvgIpc) is 3.09. The highest BCUT2D eigenvalue weighted by Crippen LogP contribution is 2.33. The molecule has 0 radical (unpaired) electrons. The van der Waals surface area contributed by atoms with Crippen molar-refractivity contribution in [2.45, 2.75) is 18.9 Å². The summed E-state index contributed by atoms with van der Waals surface area (Å²) in [7, 11) is 0. The number of carboxylic acids is 1. The maximum Gasteiger partial charge on any atom is 0.308 e. The summed E-state index contributed by atoms with van der Waals surface area (Å²) in [6.45, 7) is 2.27. The van der Waals surface area contributed by atoms with Crippen molar-refractivity contribution < 1.29 is 19.4 Å². The van der Waals surface area contributed by atoms with Gasteiger partial charge in [-0.05, 0) is 36.8 Å². The lowest BCUT2D eigenvalue weighted by Gasteiger charge is -2.22.